The van der Waals surface area contributed by atoms with Gasteiger partial charge in [0.15, 0.2) is 0 Å². The first-order valence-corrected chi connectivity index (χ1v) is 17.6. The van der Waals surface area contributed by atoms with Crippen LogP contribution in [-0.2, 0) is 38.1 Å². The first-order valence-electron chi connectivity index (χ1n) is 15.2. The number of amides is 1. The largest absolute Gasteiger partial charge is 0.466 e. The van der Waals surface area contributed by atoms with Crippen LogP contribution in [-0.4, -0.2) is 67.8 Å². The second kappa shape index (κ2) is 13.5. The third kappa shape index (κ3) is 5.53. The number of nitrogens with zero attached hydrogens (tertiary/aromatic N) is 1. The fraction of sp³-hybridized carbons (Fsp3) is 0.216. The molecule has 0 atom stereocenters. The van der Waals surface area contributed by atoms with Crippen molar-refractivity contribution in [2.75, 3.05) is 33.3 Å². The third-order valence-electron chi connectivity index (χ3n) is 8.49. The van der Waals surface area contributed by atoms with Gasteiger partial charge >= 0.3 is 23.9 Å². The molecule has 13 heteroatoms. The molecule has 6 rings (SSSR count). The van der Waals surface area contributed by atoms with Crippen LogP contribution in [0.15, 0.2) is 104 Å². The Hall–Kier alpha value is -4.72. The molecule has 0 saturated heterocycles. The van der Waals surface area contributed by atoms with E-state index in [2.05, 4.69) is 0 Å². The van der Waals surface area contributed by atoms with Crippen molar-refractivity contribution in [3.63, 3.8) is 0 Å². The SMILES string of the molecule is COC(=O)C1=C(C(=O)OC)SC2(S1)C(C(=O)OC)=C(C(=O)OC)SC1=C2c2ccccc2N(C(=O)c2ccc(-c3ccccc3)cc2)C1(C)C. The third-order valence-corrected chi connectivity index (χ3v) is 13.1. The number of ether oxygens (including phenoxy) is 4. The Morgan fingerprint density at radius 1 is 0.600 bits per heavy atom. The summed E-state index contributed by atoms with van der Waals surface area (Å²) in [5, 5.41) is 0. The Labute approximate surface area is 301 Å². The van der Waals surface area contributed by atoms with E-state index < -0.39 is 33.5 Å². The fourth-order valence-electron chi connectivity index (χ4n) is 6.19. The molecule has 0 radical (unpaired) electrons. The van der Waals surface area contributed by atoms with Crippen LogP contribution in [0.25, 0.3) is 16.7 Å². The summed E-state index contributed by atoms with van der Waals surface area (Å²) >= 11 is 2.76. The molecular formula is C37H31NO9S3. The molecule has 0 aromatic heterocycles. The lowest BCUT2D eigenvalue weighted by Crippen LogP contribution is -2.53. The van der Waals surface area contributed by atoms with Crippen LogP contribution in [0, 0.1) is 0 Å². The van der Waals surface area contributed by atoms with Crippen LogP contribution in [0.1, 0.15) is 29.8 Å². The fourth-order valence-corrected chi connectivity index (χ4v) is 11.2. The van der Waals surface area contributed by atoms with E-state index in [-0.39, 0.29) is 26.2 Å². The zero-order valence-corrected chi connectivity index (χ0v) is 30.3. The van der Waals surface area contributed by atoms with Gasteiger partial charge in [-0.05, 0) is 43.2 Å². The number of para-hydroxylation sites is 1. The number of hydrogen-bond acceptors (Lipinski definition) is 12. The van der Waals surface area contributed by atoms with Crippen molar-refractivity contribution in [3.05, 3.63) is 115 Å². The van der Waals surface area contributed by atoms with Crippen LogP contribution < -0.4 is 4.90 Å². The molecule has 3 aromatic rings. The van der Waals surface area contributed by atoms with E-state index in [0.29, 0.717) is 27.3 Å². The van der Waals surface area contributed by atoms with Crippen molar-refractivity contribution in [2.24, 2.45) is 0 Å². The van der Waals surface area contributed by atoms with Crippen molar-refractivity contribution < 1.29 is 42.9 Å². The number of fused-ring (bicyclic) bond motifs is 3. The number of esters is 4. The Bertz CT molecular complexity index is 2020. The van der Waals surface area contributed by atoms with Gasteiger partial charge in [0.1, 0.15) is 18.8 Å². The lowest BCUT2D eigenvalue weighted by molar-refractivity contribution is -0.138. The first kappa shape index (κ1) is 35.1. The van der Waals surface area contributed by atoms with Crippen molar-refractivity contribution in [1.82, 2.24) is 0 Å². The zero-order valence-electron chi connectivity index (χ0n) is 27.9. The molecule has 3 aliphatic rings. The van der Waals surface area contributed by atoms with E-state index in [0.717, 1.165) is 46.4 Å². The smallest absolute Gasteiger partial charge is 0.345 e. The van der Waals surface area contributed by atoms with Crippen LogP contribution in [0.5, 0.6) is 0 Å². The van der Waals surface area contributed by atoms with Crippen molar-refractivity contribution in [3.8, 4) is 11.1 Å². The maximum Gasteiger partial charge on any atom is 0.345 e. The second-order valence-electron chi connectivity index (χ2n) is 11.6. The normalized spacial score (nSPS) is 17.2. The summed E-state index contributed by atoms with van der Waals surface area (Å²) in [5.74, 6) is -3.67. The number of anilines is 1. The Balaban J connectivity index is 1.59. The molecule has 3 heterocycles. The van der Waals surface area contributed by atoms with E-state index in [9.17, 15) is 24.0 Å². The van der Waals surface area contributed by atoms with Gasteiger partial charge in [-0.15, -0.1) is 0 Å². The van der Waals surface area contributed by atoms with Gasteiger partial charge in [0.05, 0.1) is 45.2 Å². The predicted molar refractivity (Wildman–Crippen MR) is 194 cm³/mol. The molecule has 0 fully saturated rings. The van der Waals surface area contributed by atoms with Crippen molar-refractivity contribution in [2.45, 2.75) is 23.5 Å². The standard InChI is InChI=1S/C37H31NO9S3/c1-36(2)30-25(23-14-10-11-15-24(23)38(36)31(39)22-18-16-21(17-19-22)20-12-8-7-9-13-20)37(26(32(40)44-3)27(48-30)33(41)45-4)49-28(34(42)46-5)29(50-37)35(43)47-6/h7-19H,1-6H3. The van der Waals surface area contributed by atoms with Crippen LogP contribution >= 0.6 is 35.3 Å². The summed E-state index contributed by atoms with van der Waals surface area (Å²) in [6.07, 6.45) is 0. The van der Waals surface area contributed by atoms with Gasteiger partial charge in [0.2, 0.25) is 0 Å². The molecule has 0 bridgehead atoms. The molecule has 256 valence electrons. The maximum atomic E-state index is 14.6. The number of methoxy groups -OCH3 is 4. The summed E-state index contributed by atoms with van der Waals surface area (Å²) < 4.78 is 18.9. The highest BCUT2D eigenvalue weighted by molar-refractivity contribution is 8.26. The molecule has 1 amide bonds. The second-order valence-corrected chi connectivity index (χ2v) is 15.3. The van der Waals surface area contributed by atoms with E-state index in [1.165, 1.54) is 28.4 Å². The lowest BCUT2D eigenvalue weighted by atomic mass is 9.83. The van der Waals surface area contributed by atoms with E-state index in [1.807, 2.05) is 56.3 Å². The Morgan fingerprint density at radius 3 is 1.66 bits per heavy atom. The number of benzene rings is 3. The average molecular weight is 730 g/mol. The number of carbonyl (C=O) groups is 5. The molecule has 0 saturated carbocycles. The van der Waals surface area contributed by atoms with Gasteiger partial charge in [-0.2, -0.15) is 0 Å². The molecule has 50 heavy (non-hydrogen) atoms. The van der Waals surface area contributed by atoms with E-state index in [4.69, 9.17) is 18.9 Å². The molecule has 0 aliphatic carbocycles. The zero-order chi connectivity index (χ0) is 36.0. The molecular weight excluding hydrogens is 699 g/mol. The topological polar surface area (TPSA) is 126 Å². The highest BCUT2D eigenvalue weighted by Gasteiger charge is 2.61. The highest BCUT2D eigenvalue weighted by atomic mass is 32.2. The number of hydrogen-bond donors (Lipinski definition) is 0. The van der Waals surface area contributed by atoms with E-state index >= 15 is 0 Å². The monoisotopic (exact) mass is 729 g/mol. The minimum absolute atomic E-state index is 0.110. The summed E-state index contributed by atoms with van der Waals surface area (Å²) in [4.78, 5) is 70.3. The molecule has 0 unspecified atom stereocenters. The van der Waals surface area contributed by atoms with Crippen molar-refractivity contribution in [1.29, 1.82) is 0 Å². The van der Waals surface area contributed by atoms with Gasteiger partial charge in [0.25, 0.3) is 5.91 Å². The van der Waals surface area contributed by atoms with Gasteiger partial charge in [-0.1, -0.05) is 95.9 Å². The van der Waals surface area contributed by atoms with E-state index in [1.54, 1.807) is 41.3 Å². The molecule has 3 aromatic carbocycles. The number of rotatable bonds is 6. The summed E-state index contributed by atoms with van der Waals surface area (Å²) in [6, 6.07) is 24.3. The molecule has 10 nitrogen and oxygen atoms in total. The number of thioether (sulfide) groups is 3. The first-order chi connectivity index (χ1) is 23.9. The minimum Gasteiger partial charge on any atom is -0.466 e. The molecule has 0 N–H and O–H groups in total. The highest BCUT2D eigenvalue weighted by Crippen LogP contribution is 2.71. The summed E-state index contributed by atoms with van der Waals surface area (Å²) in [6.45, 7) is 3.68. The van der Waals surface area contributed by atoms with Crippen LogP contribution in [0.3, 0.4) is 0 Å². The van der Waals surface area contributed by atoms with Gasteiger partial charge in [-0.3, -0.25) is 9.69 Å². The predicted octanol–water partition coefficient (Wildman–Crippen LogP) is 6.58. The Morgan fingerprint density at radius 2 is 1.10 bits per heavy atom. The van der Waals surface area contributed by atoms with Gasteiger partial charge in [-0.25, -0.2) is 19.2 Å². The summed E-state index contributed by atoms with van der Waals surface area (Å²) in [5.41, 5.74) is 2.67. The number of carbonyl (C=O) groups excluding carboxylic acids is 5. The van der Waals surface area contributed by atoms with Crippen molar-refractivity contribution >= 4 is 76.3 Å². The lowest BCUT2D eigenvalue weighted by Gasteiger charge is -2.50. The average Bonchev–Trinajstić information content (AvgIpc) is 3.53. The van der Waals surface area contributed by atoms with Gasteiger partial charge in [0, 0.05) is 21.6 Å². The van der Waals surface area contributed by atoms with Crippen LogP contribution in [0.4, 0.5) is 5.69 Å². The molecule has 1 spiro atoms. The van der Waals surface area contributed by atoms with Gasteiger partial charge < -0.3 is 18.9 Å². The summed E-state index contributed by atoms with van der Waals surface area (Å²) in [7, 11) is 4.71. The van der Waals surface area contributed by atoms with Crippen LogP contribution in [0.2, 0.25) is 0 Å². The molecule has 3 aliphatic heterocycles. The maximum absolute atomic E-state index is 14.6. The minimum atomic E-state index is -1.65. The Kier molecular flexibility index (Phi) is 9.51. The quantitative estimate of drug-likeness (QED) is 0.201.